The minimum absolute atomic E-state index is 0.720. The van der Waals surface area contributed by atoms with Crippen molar-refractivity contribution < 1.29 is 0 Å². The first-order chi connectivity index (χ1) is 3.31. The van der Waals surface area contributed by atoms with Crippen LogP contribution < -0.4 is 0 Å². The van der Waals surface area contributed by atoms with Gasteiger partial charge in [-0.1, -0.05) is 26.5 Å². The maximum atomic E-state index is 4.77. The van der Waals surface area contributed by atoms with Gasteiger partial charge >= 0.3 is 0 Å². The molecule has 0 fully saturated rings. The van der Waals surface area contributed by atoms with Gasteiger partial charge in [0, 0.05) is 5.75 Å². The Morgan fingerprint density at radius 2 is 2.29 bits per heavy atom. The molecule has 0 aromatic heterocycles. The molecule has 1 heteroatoms. The molecule has 0 rings (SSSR count). The van der Waals surface area contributed by atoms with Crippen LogP contribution in [-0.2, 0) is 0 Å². The van der Waals surface area contributed by atoms with Crippen LogP contribution in [0, 0.1) is 12.3 Å². The lowest BCUT2D eigenvalue weighted by molar-refractivity contribution is 0.656. The molecular formula is C6H12S. The lowest BCUT2D eigenvalue weighted by Crippen LogP contribution is -1.91. The summed E-state index contributed by atoms with van der Waals surface area (Å²) in [5.41, 5.74) is 0. The van der Waals surface area contributed by atoms with Gasteiger partial charge in [-0.05, 0) is 18.8 Å². The first-order valence-electron chi connectivity index (χ1n) is 2.68. The third-order valence-corrected chi connectivity index (χ3v) is 1.38. The van der Waals surface area contributed by atoms with Gasteiger partial charge in [-0.25, -0.2) is 0 Å². The molecule has 0 amide bonds. The van der Waals surface area contributed by atoms with E-state index < -0.39 is 0 Å². The Hall–Kier alpha value is 0.350. The zero-order valence-corrected chi connectivity index (χ0v) is 5.79. The van der Waals surface area contributed by atoms with E-state index in [4.69, 9.17) is 12.6 Å². The van der Waals surface area contributed by atoms with Gasteiger partial charge in [-0.3, -0.25) is 0 Å². The van der Waals surface area contributed by atoms with Crippen molar-refractivity contribution in [3.05, 3.63) is 6.42 Å². The van der Waals surface area contributed by atoms with Crippen molar-refractivity contribution in [1.82, 2.24) is 0 Å². The first-order valence-corrected chi connectivity index (χ1v) is 3.26. The Morgan fingerprint density at radius 3 is 2.43 bits per heavy atom. The molecule has 0 spiro atoms. The van der Waals surface area contributed by atoms with Gasteiger partial charge in [-0.2, -0.15) is 0 Å². The van der Waals surface area contributed by atoms with E-state index in [0.717, 1.165) is 18.1 Å². The Balaban J connectivity index is 2.83. The predicted molar refractivity (Wildman–Crippen MR) is 36.2 cm³/mol. The maximum absolute atomic E-state index is 4.77. The summed E-state index contributed by atoms with van der Waals surface area (Å²) < 4.78 is 0. The van der Waals surface area contributed by atoms with Crippen molar-refractivity contribution in [3.8, 4) is 0 Å². The highest BCUT2D eigenvalue weighted by Crippen LogP contribution is 2.04. The van der Waals surface area contributed by atoms with E-state index in [1.54, 1.807) is 0 Å². The summed E-state index contributed by atoms with van der Waals surface area (Å²) in [5, 5.41) is 0. The molecular weight excluding hydrogens is 104 g/mol. The smallest absolute Gasteiger partial charge is 0.00395 e. The van der Waals surface area contributed by atoms with E-state index in [-0.39, 0.29) is 0 Å². The third kappa shape index (κ3) is 4.20. The summed E-state index contributed by atoms with van der Waals surface area (Å²) >= 11 is 4.77. The lowest BCUT2D eigenvalue weighted by atomic mass is 10.1. The molecule has 0 aliphatic carbocycles. The van der Waals surface area contributed by atoms with Crippen molar-refractivity contribution in [2.75, 3.05) is 5.75 Å². The van der Waals surface area contributed by atoms with Gasteiger partial charge in [0.05, 0.1) is 0 Å². The minimum atomic E-state index is 0.720. The Labute approximate surface area is 51.7 Å². The SMILES string of the molecule is C[CH]C(C)CC[S]. The highest BCUT2D eigenvalue weighted by molar-refractivity contribution is 7.80. The molecule has 0 aliphatic rings. The second kappa shape index (κ2) is 4.51. The summed E-state index contributed by atoms with van der Waals surface area (Å²) in [6, 6.07) is 0. The van der Waals surface area contributed by atoms with Gasteiger partial charge in [-0.15, -0.1) is 0 Å². The van der Waals surface area contributed by atoms with Crippen molar-refractivity contribution >= 4 is 12.6 Å². The van der Waals surface area contributed by atoms with Crippen LogP contribution in [0.4, 0.5) is 0 Å². The van der Waals surface area contributed by atoms with Crippen LogP contribution in [0.15, 0.2) is 0 Å². The summed E-state index contributed by atoms with van der Waals surface area (Å²) in [6.07, 6.45) is 3.35. The van der Waals surface area contributed by atoms with E-state index in [9.17, 15) is 0 Å². The fourth-order valence-corrected chi connectivity index (χ4v) is 0.724. The van der Waals surface area contributed by atoms with Crippen molar-refractivity contribution in [3.63, 3.8) is 0 Å². The third-order valence-electron chi connectivity index (χ3n) is 1.14. The van der Waals surface area contributed by atoms with Gasteiger partial charge in [0.2, 0.25) is 0 Å². The largest absolute Gasteiger partial charge is 0.0941 e. The fourth-order valence-electron chi connectivity index (χ4n) is 0.353. The van der Waals surface area contributed by atoms with Crippen LogP contribution in [0.25, 0.3) is 0 Å². The van der Waals surface area contributed by atoms with Gasteiger partial charge in [0.1, 0.15) is 0 Å². The van der Waals surface area contributed by atoms with Crippen LogP contribution in [0.5, 0.6) is 0 Å². The van der Waals surface area contributed by atoms with Crippen LogP contribution in [0.3, 0.4) is 0 Å². The Morgan fingerprint density at radius 1 is 1.71 bits per heavy atom. The standard InChI is InChI=1S/C6H12S/c1-3-6(2)4-5-7/h3,6H,4-5H2,1-2H3. The molecule has 0 saturated heterocycles. The molecule has 42 valence electrons. The molecule has 0 nitrogen and oxygen atoms in total. The zero-order chi connectivity index (χ0) is 5.70. The highest BCUT2D eigenvalue weighted by atomic mass is 32.1. The molecule has 0 saturated carbocycles. The van der Waals surface area contributed by atoms with E-state index in [0.29, 0.717) is 0 Å². The van der Waals surface area contributed by atoms with E-state index in [2.05, 4.69) is 20.3 Å². The first kappa shape index (κ1) is 7.35. The molecule has 0 heterocycles. The van der Waals surface area contributed by atoms with Crippen molar-refractivity contribution in [2.24, 2.45) is 5.92 Å². The minimum Gasteiger partial charge on any atom is -0.0941 e. The molecule has 0 bridgehead atoms. The van der Waals surface area contributed by atoms with Crippen LogP contribution in [0.2, 0.25) is 0 Å². The highest BCUT2D eigenvalue weighted by Gasteiger charge is 1.93. The summed E-state index contributed by atoms with van der Waals surface area (Å²) in [6.45, 7) is 4.27. The molecule has 1 unspecified atom stereocenters. The average Bonchev–Trinajstić information content (AvgIpc) is 1.68. The quantitative estimate of drug-likeness (QED) is 0.531. The Bertz CT molecular complexity index is 35.2. The molecule has 0 aromatic carbocycles. The van der Waals surface area contributed by atoms with E-state index in [1.165, 1.54) is 0 Å². The topological polar surface area (TPSA) is 0 Å². The number of rotatable bonds is 3. The molecule has 1 atom stereocenters. The molecule has 0 N–H and O–H groups in total. The molecule has 7 heavy (non-hydrogen) atoms. The van der Waals surface area contributed by atoms with Crippen LogP contribution in [-0.4, -0.2) is 5.75 Å². The average molecular weight is 116 g/mol. The van der Waals surface area contributed by atoms with Gasteiger partial charge in [0.15, 0.2) is 0 Å². The summed E-state index contributed by atoms with van der Waals surface area (Å²) in [4.78, 5) is 0. The lowest BCUT2D eigenvalue weighted by Gasteiger charge is -2.01. The second-order valence-corrected chi connectivity index (χ2v) is 2.21. The van der Waals surface area contributed by atoms with Crippen molar-refractivity contribution in [2.45, 2.75) is 20.3 Å². The van der Waals surface area contributed by atoms with Gasteiger partial charge < -0.3 is 0 Å². The van der Waals surface area contributed by atoms with Crippen LogP contribution >= 0.6 is 12.6 Å². The molecule has 2 radical (unpaired) electrons. The Kier molecular flexibility index (Phi) is 4.73. The molecule has 0 aliphatic heterocycles. The molecule has 0 aromatic rings. The zero-order valence-electron chi connectivity index (χ0n) is 4.98. The fraction of sp³-hybridized carbons (Fsp3) is 0.833. The van der Waals surface area contributed by atoms with Crippen LogP contribution in [0.1, 0.15) is 20.3 Å². The monoisotopic (exact) mass is 116 g/mol. The number of hydrogen-bond donors (Lipinski definition) is 0. The van der Waals surface area contributed by atoms with E-state index in [1.807, 2.05) is 0 Å². The normalized spacial score (nSPS) is 14.1. The number of hydrogen-bond acceptors (Lipinski definition) is 0. The maximum Gasteiger partial charge on any atom is 0.00395 e. The van der Waals surface area contributed by atoms with Gasteiger partial charge in [0.25, 0.3) is 0 Å². The van der Waals surface area contributed by atoms with Crippen molar-refractivity contribution in [1.29, 1.82) is 0 Å². The van der Waals surface area contributed by atoms with E-state index >= 15 is 0 Å². The predicted octanol–water partition coefficient (Wildman–Crippen LogP) is 2.43. The second-order valence-electron chi connectivity index (χ2n) is 1.80. The summed E-state index contributed by atoms with van der Waals surface area (Å²) in [5.74, 6) is 1.61. The summed E-state index contributed by atoms with van der Waals surface area (Å²) in [7, 11) is 0.